The Hall–Kier alpha value is -2.01. The molecule has 0 aliphatic carbocycles. The molecule has 1 aromatic heterocycles. The van der Waals surface area contributed by atoms with E-state index in [4.69, 9.17) is 4.74 Å². The molecule has 0 N–H and O–H groups in total. The third kappa shape index (κ3) is 3.50. The quantitative estimate of drug-likeness (QED) is 0.426. The molecule has 0 bridgehead atoms. The fourth-order valence-corrected chi connectivity index (χ4v) is 4.17. The number of rotatable bonds is 5. The van der Waals surface area contributed by atoms with Gasteiger partial charge in [0.25, 0.3) is 10.0 Å². The summed E-state index contributed by atoms with van der Waals surface area (Å²) in [5, 5.41) is 14.6. The first-order valence-corrected chi connectivity index (χ1v) is 8.56. The predicted octanol–water partition coefficient (Wildman–Crippen LogP) is 0.292. The number of piperidine rings is 1. The van der Waals surface area contributed by atoms with Gasteiger partial charge in [-0.2, -0.15) is 8.99 Å². The van der Waals surface area contributed by atoms with Crippen LogP contribution in [0.1, 0.15) is 19.8 Å². The zero-order valence-electron chi connectivity index (χ0n) is 12.8. The second-order valence-corrected chi connectivity index (χ2v) is 7.11. The number of carbonyl (C=O) groups is 1. The highest BCUT2D eigenvalue weighted by Crippen LogP contribution is 2.29. The SMILES string of the molecule is CCOC(=O)C1CCCN(S(=O)(=O)c2cn(C)nc2[N+](=O)[O-])C1. The number of carbonyl (C=O) groups excluding carboxylic acids is 1. The fourth-order valence-electron chi connectivity index (χ4n) is 2.52. The van der Waals surface area contributed by atoms with Crippen molar-refractivity contribution in [3.8, 4) is 0 Å². The highest BCUT2D eigenvalue weighted by Gasteiger charge is 2.39. The molecule has 0 spiro atoms. The van der Waals surface area contributed by atoms with Crippen LogP contribution in [0.4, 0.5) is 5.82 Å². The first-order valence-electron chi connectivity index (χ1n) is 7.12. The third-order valence-corrected chi connectivity index (χ3v) is 5.43. The zero-order chi connectivity index (χ0) is 17.2. The van der Waals surface area contributed by atoms with Crippen molar-refractivity contribution in [1.82, 2.24) is 14.1 Å². The number of hydrogen-bond donors (Lipinski definition) is 0. The summed E-state index contributed by atoms with van der Waals surface area (Å²) in [5.74, 6) is -1.73. The van der Waals surface area contributed by atoms with E-state index in [9.17, 15) is 23.3 Å². The number of ether oxygens (including phenoxy) is 1. The van der Waals surface area contributed by atoms with Gasteiger partial charge in [0.1, 0.15) is 0 Å². The van der Waals surface area contributed by atoms with E-state index in [1.54, 1.807) is 6.92 Å². The molecule has 1 fully saturated rings. The average Bonchev–Trinajstić information content (AvgIpc) is 2.91. The van der Waals surface area contributed by atoms with Gasteiger partial charge in [-0.25, -0.2) is 8.42 Å². The molecule has 1 aliphatic rings. The van der Waals surface area contributed by atoms with Crippen LogP contribution in [0.15, 0.2) is 11.1 Å². The molecule has 23 heavy (non-hydrogen) atoms. The summed E-state index contributed by atoms with van der Waals surface area (Å²) >= 11 is 0. The molecule has 2 rings (SSSR count). The Morgan fingerprint density at radius 1 is 1.57 bits per heavy atom. The monoisotopic (exact) mass is 346 g/mol. The van der Waals surface area contributed by atoms with Gasteiger partial charge in [-0.05, 0) is 24.7 Å². The Morgan fingerprint density at radius 2 is 2.26 bits per heavy atom. The molecule has 0 saturated carbocycles. The Morgan fingerprint density at radius 3 is 2.87 bits per heavy atom. The van der Waals surface area contributed by atoms with E-state index in [2.05, 4.69) is 5.10 Å². The van der Waals surface area contributed by atoms with E-state index < -0.39 is 37.5 Å². The second-order valence-electron chi connectivity index (χ2n) is 5.20. The van der Waals surface area contributed by atoms with Crippen molar-refractivity contribution in [3.63, 3.8) is 0 Å². The van der Waals surface area contributed by atoms with Gasteiger partial charge in [0, 0.05) is 13.1 Å². The fraction of sp³-hybridized carbons (Fsp3) is 0.667. The molecule has 0 radical (unpaired) electrons. The van der Waals surface area contributed by atoms with Crippen LogP contribution in [-0.4, -0.2) is 53.1 Å². The number of hydrogen-bond acceptors (Lipinski definition) is 7. The largest absolute Gasteiger partial charge is 0.466 e. The standard InChI is InChI=1S/C12H18N4O6S/c1-3-22-12(17)9-5-4-6-15(7-9)23(20,21)10-8-14(2)13-11(10)16(18)19/h8-9H,3-7H2,1-2H3. The summed E-state index contributed by atoms with van der Waals surface area (Å²) < 4.78 is 32.4. The van der Waals surface area contributed by atoms with E-state index in [0.29, 0.717) is 12.8 Å². The van der Waals surface area contributed by atoms with Crippen molar-refractivity contribution >= 4 is 21.8 Å². The van der Waals surface area contributed by atoms with Crippen LogP contribution in [0.2, 0.25) is 0 Å². The number of esters is 1. The highest BCUT2D eigenvalue weighted by molar-refractivity contribution is 7.89. The van der Waals surface area contributed by atoms with E-state index in [0.717, 1.165) is 15.2 Å². The lowest BCUT2D eigenvalue weighted by atomic mass is 10.0. The van der Waals surface area contributed by atoms with Gasteiger partial charge in [-0.15, -0.1) is 0 Å². The summed E-state index contributed by atoms with van der Waals surface area (Å²) in [6.45, 7) is 2.04. The Bertz CT molecular complexity index is 713. The lowest BCUT2D eigenvalue weighted by molar-refractivity contribution is -0.392. The number of aryl methyl sites for hydroxylation is 1. The van der Waals surface area contributed by atoms with Gasteiger partial charge >= 0.3 is 11.8 Å². The molecular formula is C12H18N4O6S. The summed E-state index contributed by atoms with van der Waals surface area (Å²) in [6.07, 6.45) is 2.11. The minimum absolute atomic E-state index is 0.0484. The van der Waals surface area contributed by atoms with Crippen LogP contribution in [0, 0.1) is 16.0 Å². The molecule has 0 aromatic carbocycles. The van der Waals surface area contributed by atoms with Crippen molar-refractivity contribution in [3.05, 3.63) is 16.3 Å². The van der Waals surface area contributed by atoms with Crippen LogP contribution in [0.3, 0.4) is 0 Å². The van der Waals surface area contributed by atoms with Gasteiger partial charge in [0.2, 0.25) is 4.90 Å². The summed E-state index contributed by atoms with van der Waals surface area (Å²) in [4.78, 5) is 21.5. The van der Waals surface area contributed by atoms with E-state index in [-0.39, 0.29) is 19.7 Å². The maximum atomic E-state index is 12.7. The maximum absolute atomic E-state index is 12.7. The minimum Gasteiger partial charge on any atom is -0.466 e. The molecular weight excluding hydrogens is 328 g/mol. The summed E-state index contributed by atoms with van der Waals surface area (Å²) in [6, 6.07) is 0. The molecule has 0 amide bonds. The van der Waals surface area contributed by atoms with Crippen molar-refractivity contribution in [1.29, 1.82) is 0 Å². The summed E-state index contributed by atoms with van der Waals surface area (Å²) in [5.41, 5.74) is 0. The van der Waals surface area contributed by atoms with Gasteiger partial charge in [-0.1, -0.05) is 0 Å². The average molecular weight is 346 g/mol. The first kappa shape index (κ1) is 17.3. The van der Waals surface area contributed by atoms with Crippen LogP contribution in [0.25, 0.3) is 0 Å². The second kappa shape index (κ2) is 6.62. The topological polar surface area (TPSA) is 125 Å². The van der Waals surface area contributed by atoms with Crippen molar-refractivity contribution in [2.24, 2.45) is 13.0 Å². The lowest BCUT2D eigenvalue weighted by Crippen LogP contribution is -2.42. The van der Waals surface area contributed by atoms with E-state index >= 15 is 0 Å². The molecule has 11 heteroatoms. The van der Waals surface area contributed by atoms with E-state index in [1.165, 1.54) is 7.05 Å². The molecule has 1 aromatic rings. The predicted molar refractivity (Wildman–Crippen MR) is 78.0 cm³/mol. The van der Waals surface area contributed by atoms with Gasteiger partial charge in [0.15, 0.2) is 0 Å². The molecule has 1 aliphatic heterocycles. The van der Waals surface area contributed by atoms with Gasteiger partial charge in [0.05, 0.1) is 30.9 Å². The van der Waals surface area contributed by atoms with Crippen molar-refractivity contribution in [2.75, 3.05) is 19.7 Å². The molecule has 1 saturated heterocycles. The Balaban J connectivity index is 2.29. The summed E-state index contributed by atoms with van der Waals surface area (Å²) in [7, 11) is -2.69. The Kier molecular flexibility index (Phi) is 5.00. The van der Waals surface area contributed by atoms with Crippen molar-refractivity contribution < 1.29 is 22.9 Å². The Labute approximate surface area is 133 Å². The molecule has 1 atom stereocenters. The smallest absolute Gasteiger partial charge is 0.410 e. The molecule has 128 valence electrons. The highest BCUT2D eigenvalue weighted by atomic mass is 32.2. The van der Waals surface area contributed by atoms with Gasteiger partial charge < -0.3 is 14.9 Å². The van der Waals surface area contributed by atoms with Crippen molar-refractivity contribution in [2.45, 2.75) is 24.7 Å². The number of sulfonamides is 1. The number of nitrogens with zero attached hydrogens (tertiary/aromatic N) is 4. The molecule has 2 heterocycles. The maximum Gasteiger partial charge on any atom is 0.410 e. The third-order valence-electron chi connectivity index (χ3n) is 3.57. The van der Waals surface area contributed by atoms with Crippen LogP contribution < -0.4 is 0 Å². The van der Waals surface area contributed by atoms with Crippen LogP contribution in [-0.2, 0) is 26.6 Å². The molecule has 10 nitrogen and oxygen atoms in total. The normalized spacial score (nSPS) is 19.5. The van der Waals surface area contributed by atoms with Gasteiger partial charge in [-0.3, -0.25) is 4.79 Å². The van der Waals surface area contributed by atoms with Crippen LogP contribution >= 0.6 is 0 Å². The van der Waals surface area contributed by atoms with E-state index in [1.807, 2.05) is 0 Å². The molecule has 1 unspecified atom stereocenters. The zero-order valence-corrected chi connectivity index (χ0v) is 13.7. The first-order chi connectivity index (χ1) is 10.8. The number of aromatic nitrogens is 2. The lowest BCUT2D eigenvalue weighted by Gasteiger charge is -2.30. The number of nitro groups is 1. The van der Waals surface area contributed by atoms with Crippen LogP contribution in [0.5, 0.6) is 0 Å². The minimum atomic E-state index is -4.10.